The number of halogens is 1. The molecule has 2 rings (SSSR count). The molecule has 5 heteroatoms. The van der Waals surface area contributed by atoms with E-state index in [9.17, 15) is 0 Å². The smallest absolute Gasteiger partial charge is 0.225 e. The fourth-order valence-corrected chi connectivity index (χ4v) is 2.54. The van der Waals surface area contributed by atoms with E-state index in [1.54, 1.807) is 7.11 Å². The predicted octanol–water partition coefficient (Wildman–Crippen LogP) is 2.23. The average molecular weight is 230 g/mol. The highest BCUT2D eigenvalue weighted by Gasteiger charge is 2.28. The van der Waals surface area contributed by atoms with Gasteiger partial charge in [0.05, 0.1) is 6.10 Å². The van der Waals surface area contributed by atoms with Gasteiger partial charge < -0.3 is 4.74 Å². The van der Waals surface area contributed by atoms with Crippen molar-refractivity contribution in [1.29, 1.82) is 0 Å². The molecule has 84 valence electrons. The van der Waals surface area contributed by atoms with Gasteiger partial charge in [0, 0.05) is 19.6 Å². The highest BCUT2D eigenvalue weighted by Crippen LogP contribution is 2.34. The second-order valence-corrected chi connectivity index (χ2v) is 4.27. The molecule has 1 aliphatic carbocycles. The largest absolute Gasteiger partial charge is 0.381 e. The molecule has 0 aromatic carbocycles. The van der Waals surface area contributed by atoms with Gasteiger partial charge in [-0.1, -0.05) is 6.92 Å². The second-order valence-electron chi connectivity index (χ2n) is 3.93. The molecule has 1 saturated carbocycles. The summed E-state index contributed by atoms with van der Waals surface area (Å²) in [6.07, 6.45) is 4.44. The predicted molar refractivity (Wildman–Crippen MR) is 58.1 cm³/mol. The van der Waals surface area contributed by atoms with Gasteiger partial charge in [-0.2, -0.15) is 0 Å². The lowest BCUT2D eigenvalue weighted by Gasteiger charge is -2.14. The third-order valence-corrected chi connectivity index (χ3v) is 3.35. The zero-order valence-electron chi connectivity index (χ0n) is 9.11. The SMILES string of the molecule is CCc1nnc(Cl)n1C1CCC(OC)C1. The molecule has 0 saturated heterocycles. The Hall–Kier alpha value is -0.610. The summed E-state index contributed by atoms with van der Waals surface area (Å²) >= 11 is 6.04. The van der Waals surface area contributed by atoms with Crippen molar-refractivity contribution in [3.8, 4) is 0 Å². The average Bonchev–Trinajstić information content (AvgIpc) is 2.83. The molecule has 4 nitrogen and oxygen atoms in total. The minimum Gasteiger partial charge on any atom is -0.381 e. The fourth-order valence-electron chi connectivity index (χ4n) is 2.27. The second kappa shape index (κ2) is 4.49. The molecule has 0 amide bonds. The van der Waals surface area contributed by atoms with Crippen molar-refractivity contribution in [3.63, 3.8) is 0 Å². The third-order valence-electron chi connectivity index (χ3n) is 3.10. The summed E-state index contributed by atoms with van der Waals surface area (Å²) in [6.45, 7) is 2.07. The van der Waals surface area contributed by atoms with Crippen LogP contribution in [0.1, 0.15) is 38.1 Å². The topological polar surface area (TPSA) is 39.9 Å². The van der Waals surface area contributed by atoms with E-state index in [2.05, 4.69) is 21.7 Å². The first-order valence-electron chi connectivity index (χ1n) is 5.38. The van der Waals surface area contributed by atoms with Crippen LogP contribution in [0.5, 0.6) is 0 Å². The van der Waals surface area contributed by atoms with Gasteiger partial charge in [0.2, 0.25) is 5.28 Å². The number of hydrogen-bond acceptors (Lipinski definition) is 3. The van der Waals surface area contributed by atoms with Crippen LogP contribution < -0.4 is 0 Å². The lowest BCUT2D eigenvalue weighted by atomic mass is 10.2. The van der Waals surface area contributed by atoms with E-state index in [4.69, 9.17) is 16.3 Å². The van der Waals surface area contributed by atoms with E-state index < -0.39 is 0 Å². The Morgan fingerprint density at radius 3 is 2.87 bits per heavy atom. The molecule has 0 radical (unpaired) electrons. The van der Waals surface area contributed by atoms with E-state index in [1.807, 2.05) is 0 Å². The van der Waals surface area contributed by atoms with Crippen molar-refractivity contribution in [3.05, 3.63) is 11.1 Å². The van der Waals surface area contributed by atoms with Crippen molar-refractivity contribution in [1.82, 2.24) is 14.8 Å². The highest BCUT2D eigenvalue weighted by molar-refractivity contribution is 6.28. The maximum Gasteiger partial charge on any atom is 0.225 e. The molecular weight excluding hydrogens is 214 g/mol. The van der Waals surface area contributed by atoms with Gasteiger partial charge in [-0.15, -0.1) is 10.2 Å². The Morgan fingerprint density at radius 1 is 1.47 bits per heavy atom. The number of rotatable bonds is 3. The Balaban J connectivity index is 2.19. The number of nitrogens with zero attached hydrogens (tertiary/aromatic N) is 3. The lowest BCUT2D eigenvalue weighted by molar-refractivity contribution is 0.105. The van der Waals surface area contributed by atoms with Crippen molar-refractivity contribution in [2.24, 2.45) is 0 Å². The number of aromatic nitrogens is 3. The molecule has 1 fully saturated rings. The number of hydrogen-bond donors (Lipinski definition) is 0. The number of ether oxygens (including phenoxy) is 1. The Morgan fingerprint density at radius 2 is 2.27 bits per heavy atom. The zero-order valence-corrected chi connectivity index (χ0v) is 9.87. The van der Waals surface area contributed by atoms with Crippen LogP contribution in [-0.4, -0.2) is 28.0 Å². The standard InChI is InChI=1S/C10H16ClN3O/c1-3-9-12-13-10(11)14(9)7-4-5-8(6-7)15-2/h7-8H,3-6H2,1-2H3. The van der Waals surface area contributed by atoms with Gasteiger partial charge in [-0.25, -0.2) is 0 Å². The van der Waals surface area contributed by atoms with E-state index in [-0.39, 0.29) is 0 Å². The van der Waals surface area contributed by atoms with E-state index in [1.165, 1.54) is 0 Å². The van der Waals surface area contributed by atoms with Crippen molar-refractivity contribution in [2.45, 2.75) is 44.8 Å². The van der Waals surface area contributed by atoms with Crippen molar-refractivity contribution >= 4 is 11.6 Å². The summed E-state index contributed by atoms with van der Waals surface area (Å²) in [5.41, 5.74) is 0. The maximum absolute atomic E-state index is 6.04. The summed E-state index contributed by atoms with van der Waals surface area (Å²) in [7, 11) is 1.77. The van der Waals surface area contributed by atoms with Crippen LogP contribution in [0.3, 0.4) is 0 Å². The van der Waals surface area contributed by atoms with Crippen molar-refractivity contribution in [2.75, 3.05) is 7.11 Å². The molecule has 0 bridgehead atoms. The van der Waals surface area contributed by atoms with Crippen LogP contribution >= 0.6 is 11.6 Å². The number of methoxy groups -OCH3 is 1. The van der Waals surface area contributed by atoms with Gasteiger partial charge in [-0.3, -0.25) is 4.57 Å². The fraction of sp³-hybridized carbons (Fsp3) is 0.800. The summed E-state index contributed by atoms with van der Waals surface area (Å²) in [5, 5.41) is 8.50. The monoisotopic (exact) mass is 229 g/mol. The first kappa shape index (κ1) is 10.9. The Kier molecular flexibility index (Phi) is 3.26. The van der Waals surface area contributed by atoms with Crippen LogP contribution in [0.25, 0.3) is 0 Å². The van der Waals surface area contributed by atoms with Gasteiger partial charge in [0.15, 0.2) is 0 Å². The van der Waals surface area contributed by atoms with Crippen molar-refractivity contribution < 1.29 is 4.74 Å². The summed E-state index contributed by atoms with van der Waals surface area (Å²) in [6, 6.07) is 0.410. The highest BCUT2D eigenvalue weighted by atomic mass is 35.5. The number of aryl methyl sites for hydroxylation is 1. The maximum atomic E-state index is 6.04. The molecule has 0 N–H and O–H groups in total. The quantitative estimate of drug-likeness (QED) is 0.798. The van der Waals surface area contributed by atoms with Crippen LogP contribution in [0.15, 0.2) is 0 Å². The van der Waals surface area contributed by atoms with Crippen LogP contribution in [0, 0.1) is 0 Å². The van der Waals surface area contributed by atoms with Crippen LogP contribution in [0.2, 0.25) is 5.28 Å². The normalized spacial score (nSPS) is 26.1. The minimum atomic E-state index is 0.359. The molecule has 2 unspecified atom stereocenters. The van der Waals surface area contributed by atoms with Crippen LogP contribution in [-0.2, 0) is 11.2 Å². The van der Waals surface area contributed by atoms with Gasteiger partial charge in [0.25, 0.3) is 0 Å². The van der Waals surface area contributed by atoms with Crippen LogP contribution in [0.4, 0.5) is 0 Å². The molecule has 1 heterocycles. The van der Waals surface area contributed by atoms with E-state index >= 15 is 0 Å². The summed E-state index contributed by atoms with van der Waals surface area (Å²) in [5.74, 6) is 0.974. The summed E-state index contributed by atoms with van der Waals surface area (Å²) in [4.78, 5) is 0. The van der Waals surface area contributed by atoms with Gasteiger partial charge >= 0.3 is 0 Å². The minimum absolute atomic E-state index is 0.359. The van der Waals surface area contributed by atoms with Gasteiger partial charge in [-0.05, 0) is 30.9 Å². The lowest BCUT2D eigenvalue weighted by Crippen LogP contribution is -2.11. The Bertz CT molecular complexity index is 339. The first-order valence-corrected chi connectivity index (χ1v) is 5.76. The zero-order chi connectivity index (χ0) is 10.8. The molecule has 2 atom stereocenters. The molecule has 1 aromatic rings. The van der Waals surface area contributed by atoms with E-state index in [0.717, 1.165) is 31.5 Å². The molecule has 15 heavy (non-hydrogen) atoms. The molecule has 0 spiro atoms. The molecule has 0 aliphatic heterocycles. The van der Waals surface area contributed by atoms with E-state index in [0.29, 0.717) is 17.4 Å². The third kappa shape index (κ3) is 2.01. The Labute approximate surface area is 94.6 Å². The first-order chi connectivity index (χ1) is 7.26. The molecular formula is C10H16ClN3O. The molecule has 1 aromatic heterocycles. The molecule has 1 aliphatic rings. The summed E-state index contributed by atoms with van der Waals surface area (Å²) < 4.78 is 7.41. The van der Waals surface area contributed by atoms with Gasteiger partial charge in [0.1, 0.15) is 5.82 Å².